The smallest absolute Gasteiger partial charge is 0.283 e. The number of hydrogen-bond donors (Lipinski definition) is 1. The number of thioether (sulfide) groups is 1. The van der Waals surface area contributed by atoms with Gasteiger partial charge in [0.25, 0.3) is 11.6 Å². The minimum Gasteiger partial charge on any atom is -0.339 e. The lowest BCUT2D eigenvalue weighted by Crippen LogP contribution is -2.40. The fourth-order valence-electron chi connectivity index (χ4n) is 2.84. The van der Waals surface area contributed by atoms with E-state index < -0.39 is 4.92 Å². The molecule has 1 aromatic rings. The van der Waals surface area contributed by atoms with Crippen LogP contribution in [-0.4, -0.2) is 48.2 Å². The zero-order valence-corrected chi connectivity index (χ0v) is 15.6. The van der Waals surface area contributed by atoms with E-state index in [4.69, 9.17) is 0 Å². The molecule has 6 nitrogen and oxygen atoms in total. The molecule has 1 fully saturated rings. The number of carbonyl (C=O) groups is 1. The van der Waals surface area contributed by atoms with Crippen LogP contribution in [-0.2, 0) is 0 Å². The van der Waals surface area contributed by atoms with Crippen molar-refractivity contribution >= 4 is 35.8 Å². The largest absolute Gasteiger partial charge is 0.339 e. The van der Waals surface area contributed by atoms with E-state index in [0.717, 1.165) is 25.9 Å². The van der Waals surface area contributed by atoms with Gasteiger partial charge in [-0.2, -0.15) is 0 Å². The van der Waals surface area contributed by atoms with Crippen molar-refractivity contribution in [3.63, 3.8) is 0 Å². The van der Waals surface area contributed by atoms with Gasteiger partial charge in [-0.15, -0.1) is 24.2 Å². The first kappa shape index (κ1) is 20.7. The zero-order valence-electron chi connectivity index (χ0n) is 14.0. The number of nitrogens with zero attached hydrogens (tertiary/aromatic N) is 2. The first-order chi connectivity index (χ1) is 11.1. The third kappa shape index (κ3) is 5.09. The van der Waals surface area contributed by atoms with Crippen molar-refractivity contribution in [2.75, 3.05) is 32.4 Å². The Labute approximate surface area is 152 Å². The van der Waals surface area contributed by atoms with E-state index in [9.17, 15) is 14.9 Å². The third-order valence-corrected chi connectivity index (χ3v) is 4.99. The minimum absolute atomic E-state index is 0. The van der Waals surface area contributed by atoms with Gasteiger partial charge in [-0.25, -0.2) is 0 Å². The van der Waals surface area contributed by atoms with Crippen molar-refractivity contribution in [2.45, 2.75) is 24.7 Å². The summed E-state index contributed by atoms with van der Waals surface area (Å²) < 4.78 is 0. The maximum Gasteiger partial charge on any atom is 0.283 e. The molecular weight excluding hydrogens is 350 g/mol. The SMILES string of the molecule is CCNCC1CCN(C(=O)c2ccc(SC)c([N+](=O)[O-])c2)CC1.Cl. The molecule has 1 heterocycles. The average Bonchev–Trinajstić information content (AvgIpc) is 2.59. The normalized spacial score (nSPS) is 15.0. The van der Waals surface area contributed by atoms with Crippen molar-refractivity contribution in [3.8, 4) is 0 Å². The Morgan fingerprint density at radius 2 is 2.08 bits per heavy atom. The van der Waals surface area contributed by atoms with E-state index in [-0.39, 0.29) is 24.0 Å². The highest BCUT2D eigenvalue weighted by Gasteiger charge is 2.25. The highest BCUT2D eigenvalue weighted by Crippen LogP contribution is 2.29. The van der Waals surface area contributed by atoms with Crippen molar-refractivity contribution in [2.24, 2.45) is 5.92 Å². The van der Waals surface area contributed by atoms with Crippen LogP contribution in [0.3, 0.4) is 0 Å². The van der Waals surface area contributed by atoms with Gasteiger partial charge in [0.15, 0.2) is 0 Å². The maximum absolute atomic E-state index is 12.6. The minimum atomic E-state index is -0.425. The van der Waals surface area contributed by atoms with Crippen LogP contribution < -0.4 is 5.32 Å². The Balaban J connectivity index is 0.00000288. The Morgan fingerprint density at radius 3 is 2.62 bits per heavy atom. The Kier molecular flexibility index (Phi) is 8.52. The Hall–Kier alpha value is -1.31. The summed E-state index contributed by atoms with van der Waals surface area (Å²) in [6.07, 6.45) is 3.74. The second kappa shape index (κ2) is 9.86. The molecule has 0 aromatic heterocycles. The highest BCUT2D eigenvalue weighted by molar-refractivity contribution is 7.98. The monoisotopic (exact) mass is 373 g/mol. The molecule has 0 unspecified atom stereocenters. The Morgan fingerprint density at radius 1 is 1.42 bits per heavy atom. The molecule has 1 aromatic carbocycles. The third-order valence-electron chi connectivity index (χ3n) is 4.21. The van der Waals surface area contributed by atoms with E-state index in [1.165, 1.54) is 17.8 Å². The molecule has 0 aliphatic carbocycles. The van der Waals surface area contributed by atoms with Crippen molar-refractivity contribution < 1.29 is 9.72 Å². The molecule has 0 bridgehead atoms. The van der Waals surface area contributed by atoms with E-state index in [2.05, 4.69) is 12.2 Å². The fourth-order valence-corrected chi connectivity index (χ4v) is 3.38. The molecule has 24 heavy (non-hydrogen) atoms. The lowest BCUT2D eigenvalue weighted by Gasteiger charge is -2.32. The summed E-state index contributed by atoms with van der Waals surface area (Å²) in [6.45, 7) is 5.47. The first-order valence-corrected chi connectivity index (χ1v) is 9.11. The van der Waals surface area contributed by atoms with E-state index in [1.807, 2.05) is 0 Å². The topological polar surface area (TPSA) is 75.5 Å². The maximum atomic E-state index is 12.6. The molecule has 1 N–H and O–H groups in total. The molecule has 1 aliphatic heterocycles. The molecule has 134 valence electrons. The van der Waals surface area contributed by atoms with Gasteiger partial charge < -0.3 is 10.2 Å². The zero-order chi connectivity index (χ0) is 16.8. The summed E-state index contributed by atoms with van der Waals surface area (Å²) in [5, 5.41) is 14.5. The lowest BCUT2D eigenvalue weighted by molar-refractivity contribution is -0.387. The molecule has 0 spiro atoms. The predicted octanol–water partition coefficient (Wildman–Crippen LogP) is 3.20. The van der Waals surface area contributed by atoms with Crippen LogP contribution in [0, 0.1) is 16.0 Å². The molecule has 1 saturated heterocycles. The van der Waals surface area contributed by atoms with Gasteiger partial charge in [-0.1, -0.05) is 6.92 Å². The quantitative estimate of drug-likeness (QED) is 0.470. The second-order valence-electron chi connectivity index (χ2n) is 5.69. The standard InChI is InChI=1S/C16H23N3O3S.ClH/c1-3-17-11-12-6-8-18(9-7-12)16(20)13-4-5-15(23-2)14(10-13)19(21)22;/h4-5,10,12,17H,3,6-9,11H2,1-2H3;1H. The van der Waals surface area contributed by atoms with Gasteiger partial charge >= 0.3 is 0 Å². The van der Waals surface area contributed by atoms with Crippen LogP contribution in [0.15, 0.2) is 23.1 Å². The van der Waals surface area contributed by atoms with Gasteiger partial charge in [0, 0.05) is 24.7 Å². The summed E-state index contributed by atoms with van der Waals surface area (Å²) >= 11 is 1.31. The number of hydrogen-bond acceptors (Lipinski definition) is 5. The van der Waals surface area contributed by atoms with E-state index >= 15 is 0 Å². The molecule has 0 atom stereocenters. The summed E-state index contributed by atoms with van der Waals surface area (Å²) in [5.74, 6) is 0.495. The number of benzene rings is 1. The van der Waals surface area contributed by atoms with Gasteiger partial charge in [0.05, 0.1) is 9.82 Å². The molecule has 1 amide bonds. The summed E-state index contributed by atoms with van der Waals surface area (Å²) in [4.78, 5) is 25.7. The number of nitro groups is 1. The van der Waals surface area contributed by atoms with Crippen LogP contribution in [0.5, 0.6) is 0 Å². The number of nitro benzene ring substituents is 1. The van der Waals surface area contributed by atoms with Gasteiger partial charge in [0.1, 0.15) is 0 Å². The van der Waals surface area contributed by atoms with E-state index in [0.29, 0.717) is 29.5 Å². The van der Waals surface area contributed by atoms with Crippen molar-refractivity contribution in [1.29, 1.82) is 0 Å². The highest BCUT2D eigenvalue weighted by atomic mass is 35.5. The van der Waals surface area contributed by atoms with Crippen LogP contribution in [0.25, 0.3) is 0 Å². The molecule has 8 heteroatoms. The average molecular weight is 374 g/mol. The predicted molar refractivity (Wildman–Crippen MR) is 99.3 cm³/mol. The van der Waals surface area contributed by atoms with Gasteiger partial charge in [0.2, 0.25) is 0 Å². The molecule has 0 saturated carbocycles. The number of likely N-dealkylation sites (tertiary alicyclic amines) is 1. The number of rotatable bonds is 6. The second-order valence-corrected chi connectivity index (χ2v) is 6.54. The lowest BCUT2D eigenvalue weighted by atomic mass is 9.96. The molecular formula is C16H24ClN3O3S. The van der Waals surface area contributed by atoms with Crippen molar-refractivity contribution in [1.82, 2.24) is 10.2 Å². The molecule has 0 radical (unpaired) electrons. The number of carbonyl (C=O) groups excluding carboxylic acids is 1. The van der Waals surface area contributed by atoms with Crippen LogP contribution in [0.4, 0.5) is 5.69 Å². The number of nitrogens with one attached hydrogen (secondary N) is 1. The van der Waals surface area contributed by atoms with Crippen LogP contribution in [0.2, 0.25) is 0 Å². The summed E-state index contributed by atoms with van der Waals surface area (Å²) in [7, 11) is 0. The number of amides is 1. The fraction of sp³-hybridized carbons (Fsp3) is 0.562. The van der Waals surface area contributed by atoms with E-state index in [1.54, 1.807) is 23.3 Å². The summed E-state index contributed by atoms with van der Waals surface area (Å²) in [6, 6.07) is 4.75. The Bertz CT molecular complexity index is 578. The number of halogens is 1. The molecule has 2 rings (SSSR count). The van der Waals surface area contributed by atoms with Crippen LogP contribution >= 0.6 is 24.2 Å². The number of piperidine rings is 1. The summed E-state index contributed by atoms with van der Waals surface area (Å²) in [5.41, 5.74) is 0.407. The van der Waals surface area contributed by atoms with Crippen LogP contribution in [0.1, 0.15) is 30.1 Å². The van der Waals surface area contributed by atoms with Gasteiger partial charge in [-0.05, 0) is 50.2 Å². The molecule has 1 aliphatic rings. The van der Waals surface area contributed by atoms with Gasteiger partial charge in [-0.3, -0.25) is 14.9 Å². The first-order valence-electron chi connectivity index (χ1n) is 7.89. The van der Waals surface area contributed by atoms with Crippen molar-refractivity contribution in [3.05, 3.63) is 33.9 Å².